The molecule has 204 valence electrons. The molecule has 0 unspecified atom stereocenters. The summed E-state index contributed by atoms with van der Waals surface area (Å²) in [7, 11) is 0. The van der Waals surface area contributed by atoms with Crippen LogP contribution in [0.2, 0.25) is 0 Å². The van der Waals surface area contributed by atoms with Crippen molar-refractivity contribution in [2.24, 2.45) is 0 Å². The second-order valence-electron chi connectivity index (χ2n) is 9.74. The molecule has 0 saturated heterocycles. The highest BCUT2D eigenvalue weighted by molar-refractivity contribution is 6.17. The topological polar surface area (TPSA) is 102 Å². The standard InChI is InChI=1S/C32H26FN5O3/c1-20-36-28-17-34-13-12-29(28)37(20)18-21-2-4-23(5-3-21)31(40)27-19-38(32(41)35-14-15-39)30-16-24(8-11-26(27)30)22-6-9-25(33)10-7-22/h2-13,16-17,19,39H,14-15,18H2,1H3,(H,35,41). The van der Waals surface area contributed by atoms with Gasteiger partial charge in [-0.3, -0.25) is 14.3 Å². The Kier molecular flexibility index (Phi) is 6.86. The molecule has 6 rings (SSSR count). The molecular formula is C32H26FN5O3. The van der Waals surface area contributed by atoms with E-state index in [1.165, 1.54) is 22.9 Å². The molecule has 0 aliphatic rings. The molecule has 3 aromatic heterocycles. The smallest absolute Gasteiger partial charge is 0.326 e. The number of nitrogens with zero attached hydrogens (tertiary/aromatic N) is 4. The number of aromatic nitrogens is 4. The first-order valence-corrected chi connectivity index (χ1v) is 13.1. The van der Waals surface area contributed by atoms with E-state index in [0.29, 0.717) is 28.6 Å². The zero-order valence-electron chi connectivity index (χ0n) is 22.2. The van der Waals surface area contributed by atoms with E-state index in [-0.39, 0.29) is 24.8 Å². The highest BCUT2D eigenvalue weighted by Crippen LogP contribution is 2.30. The lowest BCUT2D eigenvalue weighted by Gasteiger charge is -2.08. The van der Waals surface area contributed by atoms with Crippen molar-refractivity contribution >= 4 is 33.8 Å². The number of carbonyl (C=O) groups is 2. The third kappa shape index (κ3) is 4.99. The number of benzene rings is 3. The number of aliphatic hydroxyl groups excluding tert-OH is 1. The van der Waals surface area contributed by atoms with Crippen LogP contribution in [-0.2, 0) is 6.54 Å². The van der Waals surface area contributed by atoms with Gasteiger partial charge in [0.25, 0.3) is 0 Å². The average molecular weight is 548 g/mol. The summed E-state index contributed by atoms with van der Waals surface area (Å²) in [4.78, 5) is 35.4. The maximum Gasteiger partial charge on any atom is 0.326 e. The molecule has 0 aliphatic heterocycles. The van der Waals surface area contributed by atoms with Crippen molar-refractivity contribution < 1.29 is 19.1 Å². The average Bonchev–Trinajstić information content (AvgIpc) is 3.53. The van der Waals surface area contributed by atoms with Gasteiger partial charge in [-0.15, -0.1) is 0 Å². The molecule has 9 heteroatoms. The molecule has 3 heterocycles. The van der Waals surface area contributed by atoms with Crippen LogP contribution in [0.25, 0.3) is 33.1 Å². The van der Waals surface area contributed by atoms with Gasteiger partial charge in [0.05, 0.1) is 23.8 Å². The minimum Gasteiger partial charge on any atom is -0.395 e. The Balaban J connectivity index is 1.34. The fraction of sp³-hybridized carbons (Fsp3) is 0.125. The van der Waals surface area contributed by atoms with Crippen LogP contribution in [0.1, 0.15) is 27.3 Å². The number of halogens is 1. The Morgan fingerprint density at radius 2 is 1.71 bits per heavy atom. The monoisotopic (exact) mass is 547 g/mol. The predicted molar refractivity (Wildman–Crippen MR) is 154 cm³/mol. The van der Waals surface area contributed by atoms with Crippen molar-refractivity contribution in [2.45, 2.75) is 13.5 Å². The first-order valence-electron chi connectivity index (χ1n) is 13.1. The summed E-state index contributed by atoms with van der Waals surface area (Å²) in [5, 5.41) is 12.4. The molecule has 2 N–H and O–H groups in total. The third-order valence-electron chi connectivity index (χ3n) is 7.13. The highest BCUT2D eigenvalue weighted by Gasteiger charge is 2.20. The predicted octanol–water partition coefficient (Wildman–Crippen LogP) is 5.33. The summed E-state index contributed by atoms with van der Waals surface area (Å²) >= 11 is 0. The van der Waals surface area contributed by atoms with Gasteiger partial charge in [-0.05, 0) is 47.9 Å². The fourth-order valence-electron chi connectivity index (χ4n) is 5.05. The molecule has 0 bridgehead atoms. The van der Waals surface area contributed by atoms with Crippen molar-refractivity contribution in [3.05, 3.63) is 120 Å². The largest absolute Gasteiger partial charge is 0.395 e. The van der Waals surface area contributed by atoms with Gasteiger partial charge in [0.2, 0.25) is 0 Å². The number of hydrogen-bond donors (Lipinski definition) is 2. The summed E-state index contributed by atoms with van der Waals surface area (Å²) in [5.74, 6) is 0.312. The van der Waals surface area contributed by atoms with Crippen molar-refractivity contribution in [2.75, 3.05) is 13.2 Å². The summed E-state index contributed by atoms with van der Waals surface area (Å²) < 4.78 is 17.0. The zero-order valence-corrected chi connectivity index (χ0v) is 22.2. The summed E-state index contributed by atoms with van der Waals surface area (Å²) in [6.07, 6.45) is 5.01. The first kappa shape index (κ1) is 26.1. The van der Waals surface area contributed by atoms with Crippen LogP contribution in [-0.4, -0.2) is 49.2 Å². The van der Waals surface area contributed by atoms with Gasteiger partial charge in [0.1, 0.15) is 17.2 Å². The maximum absolute atomic E-state index is 13.7. The Morgan fingerprint density at radius 1 is 0.951 bits per heavy atom. The van der Waals surface area contributed by atoms with Crippen LogP contribution in [0, 0.1) is 12.7 Å². The van der Waals surface area contributed by atoms with Gasteiger partial charge in [0, 0.05) is 42.0 Å². The van der Waals surface area contributed by atoms with Crippen molar-refractivity contribution in [1.29, 1.82) is 0 Å². The molecule has 0 atom stereocenters. The number of aliphatic hydroxyl groups is 1. The van der Waals surface area contributed by atoms with Gasteiger partial charge in [-0.2, -0.15) is 0 Å². The number of hydrogen-bond acceptors (Lipinski definition) is 5. The number of carbonyl (C=O) groups excluding carboxylic acids is 2. The van der Waals surface area contributed by atoms with Crippen molar-refractivity contribution in [1.82, 2.24) is 24.4 Å². The van der Waals surface area contributed by atoms with Crippen LogP contribution in [0.5, 0.6) is 0 Å². The molecule has 0 saturated carbocycles. The molecule has 6 aromatic rings. The molecule has 8 nitrogen and oxygen atoms in total. The maximum atomic E-state index is 13.7. The number of aryl methyl sites for hydroxylation is 1. The van der Waals surface area contributed by atoms with Crippen LogP contribution < -0.4 is 5.32 Å². The molecule has 3 aromatic carbocycles. The van der Waals surface area contributed by atoms with Crippen molar-refractivity contribution in [3.63, 3.8) is 0 Å². The molecule has 0 aliphatic carbocycles. The van der Waals surface area contributed by atoms with Gasteiger partial charge in [0.15, 0.2) is 5.78 Å². The molecule has 0 spiro atoms. The van der Waals surface area contributed by atoms with Crippen LogP contribution >= 0.6 is 0 Å². The van der Waals surface area contributed by atoms with E-state index in [0.717, 1.165) is 33.5 Å². The van der Waals surface area contributed by atoms with Gasteiger partial charge in [-0.25, -0.2) is 14.2 Å². The van der Waals surface area contributed by atoms with Gasteiger partial charge < -0.3 is 15.0 Å². The van der Waals surface area contributed by atoms with E-state index in [9.17, 15) is 19.1 Å². The number of fused-ring (bicyclic) bond motifs is 2. The Morgan fingerprint density at radius 3 is 2.46 bits per heavy atom. The summed E-state index contributed by atoms with van der Waals surface area (Å²) in [6.45, 7) is 2.40. The van der Waals surface area contributed by atoms with Gasteiger partial charge >= 0.3 is 6.03 Å². The molecular weight excluding hydrogens is 521 g/mol. The lowest BCUT2D eigenvalue weighted by Crippen LogP contribution is -2.30. The number of ketones is 1. The molecule has 41 heavy (non-hydrogen) atoms. The lowest BCUT2D eigenvalue weighted by atomic mass is 9.99. The first-order chi connectivity index (χ1) is 19.9. The van der Waals surface area contributed by atoms with Crippen LogP contribution in [0.15, 0.2) is 91.4 Å². The van der Waals surface area contributed by atoms with Crippen LogP contribution in [0.3, 0.4) is 0 Å². The number of nitrogens with one attached hydrogen (secondary N) is 1. The minimum atomic E-state index is -0.465. The molecule has 1 amide bonds. The van der Waals surface area contributed by atoms with E-state index in [2.05, 4.69) is 19.9 Å². The van der Waals surface area contributed by atoms with E-state index in [1.54, 1.807) is 48.8 Å². The number of imidazole rings is 1. The summed E-state index contributed by atoms with van der Waals surface area (Å²) in [6, 6.07) is 20.4. The normalized spacial score (nSPS) is 11.3. The quantitative estimate of drug-likeness (QED) is 0.263. The van der Waals surface area contributed by atoms with E-state index >= 15 is 0 Å². The van der Waals surface area contributed by atoms with E-state index in [1.807, 2.05) is 31.2 Å². The van der Waals surface area contributed by atoms with E-state index in [4.69, 9.17) is 0 Å². The highest BCUT2D eigenvalue weighted by atomic mass is 19.1. The Bertz CT molecular complexity index is 1910. The zero-order chi connectivity index (χ0) is 28.5. The van der Waals surface area contributed by atoms with Crippen LogP contribution in [0.4, 0.5) is 9.18 Å². The SMILES string of the molecule is Cc1nc2cnccc2n1Cc1ccc(C(=O)c2cn(C(=O)NCCO)c3cc(-c4ccc(F)cc4)ccc23)cc1. The fourth-order valence-corrected chi connectivity index (χ4v) is 5.05. The second kappa shape index (κ2) is 10.8. The molecule has 0 radical (unpaired) electrons. The number of rotatable bonds is 7. The second-order valence-corrected chi connectivity index (χ2v) is 9.74. The van der Waals surface area contributed by atoms with Crippen molar-refractivity contribution in [3.8, 4) is 11.1 Å². The lowest BCUT2D eigenvalue weighted by molar-refractivity contribution is 0.104. The Hall–Kier alpha value is -5.15. The van der Waals surface area contributed by atoms with E-state index < -0.39 is 6.03 Å². The number of amides is 1. The third-order valence-corrected chi connectivity index (χ3v) is 7.13. The number of pyridine rings is 1. The minimum absolute atomic E-state index is 0.0725. The summed E-state index contributed by atoms with van der Waals surface area (Å²) in [5.41, 5.74) is 5.77. The Labute approximate surface area is 234 Å². The molecule has 0 fully saturated rings. The van der Waals surface area contributed by atoms with Gasteiger partial charge in [-0.1, -0.05) is 48.5 Å².